The smallest absolute Gasteiger partial charge is 0.347 e. The molecule has 21 heteroatoms. The molecule has 19 nitrogen and oxygen atoms in total. The average molecular weight is 864 g/mol. The van der Waals surface area contributed by atoms with E-state index in [0.717, 1.165) is 30.8 Å². The molecule has 0 heterocycles. The van der Waals surface area contributed by atoms with Crippen LogP contribution in [-0.2, 0) is 25.0 Å². The topological polar surface area (TPSA) is 343 Å². The molecule has 0 fully saturated rings. The number of amidine groups is 2. The number of phenolic OH excluding ortho intramolecular Hbond substituents is 1. The first kappa shape index (κ1) is 50.9. The number of benzene rings is 4. The van der Waals surface area contributed by atoms with Crippen molar-refractivity contribution in [3.05, 3.63) is 114 Å². The third kappa shape index (κ3) is 24.3. The number of nitrogen functional groups attached to an aromatic ring is 2. The predicted octanol–water partition coefficient (Wildman–Crippen LogP) is 3.19. The zero-order chi connectivity index (χ0) is 44.4. The molecule has 0 aliphatic carbocycles. The molecular weight excluding hydrogens is 815 g/mol. The van der Waals surface area contributed by atoms with E-state index >= 15 is 0 Å². The van der Waals surface area contributed by atoms with Gasteiger partial charge in [0.25, 0.3) is 20.2 Å². The number of anilines is 1. The fourth-order valence-corrected chi connectivity index (χ4v) is 4.53. The molecule has 0 aromatic heterocycles. The molecule has 59 heavy (non-hydrogen) atoms. The van der Waals surface area contributed by atoms with Crippen LogP contribution < -0.4 is 31.0 Å². The van der Waals surface area contributed by atoms with Gasteiger partial charge in [0.15, 0.2) is 0 Å². The van der Waals surface area contributed by atoms with Gasteiger partial charge in [-0.05, 0) is 104 Å². The van der Waals surface area contributed by atoms with Crippen molar-refractivity contribution in [2.24, 2.45) is 11.5 Å². The van der Waals surface area contributed by atoms with Crippen LogP contribution in [0.2, 0.25) is 0 Å². The van der Waals surface area contributed by atoms with Crippen LogP contribution >= 0.6 is 0 Å². The Balaban J connectivity index is 0.000000453. The lowest BCUT2D eigenvalue weighted by molar-refractivity contribution is -0.114. The van der Waals surface area contributed by atoms with E-state index in [2.05, 4.69) is 5.32 Å². The second kappa shape index (κ2) is 26.7. The fraction of sp³-hybridized carbons (Fsp3) is 0.263. The van der Waals surface area contributed by atoms with Gasteiger partial charge in [0.2, 0.25) is 5.91 Å². The van der Waals surface area contributed by atoms with Crippen molar-refractivity contribution < 1.29 is 65.1 Å². The van der Waals surface area contributed by atoms with E-state index in [9.17, 15) is 31.5 Å². The zero-order valence-electron chi connectivity index (χ0n) is 32.0. The Morgan fingerprint density at radius 2 is 1.05 bits per heavy atom. The molecule has 1 amide bonds. The molecule has 4 aromatic carbocycles. The molecule has 0 saturated carbocycles. The van der Waals surface area contributed by atoms with Crippen LogP contribution in [0.5, 0.6) is 23.0 Å². The van der Waals surface area contributed by atoms with E-state index in [1.165, 1.54) is 19.1 Å². The van der Waals surface area contributed by atoms with Gasteiger partial charge in [0.05, 0.1) is 37.9 Å². The van der Waals surface area contributed by atoms with Crippen LogP contribution in [0, 0.1) is 10.8 Å². The molecule has 0 radical (unpaired) electrons. The molecular formula is C38H49N5O14S2. The average Bonchev–Trinajstić information content (AvgIpc) is 3.15. The minimum Gasteiger partial charge on any atom is -0.507 e. The summed E-state index contributed by atoms with van der Waals surface area (Å²) in [6.45, 7) is 1.64. The number of nitrogens with two attached hydrogens (primary N) is 2. The van der Waals surface area contributed by atoms with Crippen molar-refractivity contribution in [2.75, 3.05) is 43.3 Å². The minimum absolute atomic E-state index is 0.0579. The van der Waals surface area contributed by atoms with Crippen molar-refractivity contribution in [1.82, 2.24) is 0 Å². The van der Waals surface area contributed by atoms with Crippen molar-refractivity contribution in [3.8, 4) is 23.0 Å². The van der Waals surface area contributed by atoms with E-state index in [0.29, 0.717) is 35.8 Å². The number of nitrogens with one attached hydrogen (secondary N) is 3. The number of phenols is 1. The summed E-state index contributed by atoms with van der Waals surface area (Å²) in [7, 11) is -7.85. The molecule has 0 aliphatic heterocycles. The number of rotatable bonds is 17. The quantitative estimate of drug-likeness (QED) is 0.0182. The second-order valence-electron chi connectivity index (χ2n) is 11.8. The number of carbonyl (C=O) groups is 2. The molecule has 0 saturated heterocycles. The van der Waals surface area contributed by atoms with Crippen molar-refractivity contribution >= 4 is 49.5 Å². The largest absolute Gasteiger partial charge is 0.507 e. The van der Waals surface area contributed by atoms with Gasteiger partial charge in [0, 0.05) is 23.7 Å². The molecule has 12 N–H and O–H groups in total. The lowest BCUT2D eigenvalue weighted by Crippen LogP contribution is -2.10. The Morgan fingerprint density at radius 3 is 1.39 bits per heavy atom. The Labute approximate surface area is 342 Å². The van der Waals surface area contributed by atoms with Crippen LogP contribution in [0.1, 0.15) is 47.7 Å². The SMILES string of the molecule is CC(=O)Nc1ccc(OC(=O)c2ccccc2O)cc1.N=C(N)c1ccc(OCCCCCOc2ccc(C(=N)N)cc2)cc1.O=S(=O)(O)CCO.O=S(=O)(O)CCO. The number of aliphatic hydroxyl groups excluding tert-OH is 2. The van der Waals surface area contributed by atoms with Gasteiger partial charge < -0.3 is 46.3 Å². The number of amides is 1. The first-order chi connectivity index (χ1) is 27.7. The Morgan fingerprint density at radius 1 is 0.644 bits per heavy atom. The minimum atomic E-state index is -3.92. The number of esters is 1. The van der Waals surface area contributed by atoms with Gasteiger partial charge in [-0.25, -0.2) is 4.79 Å². The van der Waals surface area contributed by atoms with Gasteiger partial charge in [-0.3, -0.25) is 24.7 Å². The van der Waals surface area contributed by atoms with Crippen molar-refractivity contribution in [3.63, 3.8) is 0 Å². The van der Waals surface area contributed by atoms with Crippen LogP contribution in [0.25, 0.3) is 0 Å². The third-order valence-corrected chi connectivity index (χ3v) is 8.26. The van der Waals surface area contributed by atoms with E-state index in [-0.39, 0.29) is 28.9 Å². The molecule has 4 rings (SSSR count). The fourth-order valence-electron chi connectivity index (χ4n) is 4.07. The van der Waals surface area contributed by atoms with Crippen molar-refractivity contribution in [2.45, 2.75) is 26.2 Å². The van der Waals surface area contributed by atoms with Crippen LogP contribution in [0.4, 0.5) is 5.69 Å². The normalized spacial score (nSPS) is 10.5. The number of ether oxygens (including phenoxy) is 3. The first-order valence-electron chi connectivity index (χ1n) is 17.4. The number of para-hydroxylation sites is 1. The summed E-state index contributed by atoms with van der Waals surface area (Å²) in [6, 6.07) is 26.9. The Kier molecular flexibility index (Phi) is 23.1. The molecule has 322 valence electrons. The van der Waals surface area contributed by atoms with Gasteiger partial charge >= 0.3 is 5.97 Å². The summed E-state index contributed by atoms with van der Waals surface area (Å²) in [5, 5.41) is 42.6. The summed E-state index contributed by atoms with van der Waals surface area (Å²) < 4.78 is 70.6. The number of hydrogen-bond donors (Lipinski definition) is 10. The number of aromatic hydroxyl groups is 1. The van der Waals surface area contributed by atoms with Crippen LogP contribution in [0.3, 0.4) is 0 Å². The van der Waals surface area contributed by atoms with E-state index < -0.39 is 50.9 Å². The third-order valence-electron chi connectivity index (χ3n) is 6.86. The number of unbranched alkanes of at least 4 members (excludes halogenated alkanes) is 2. The standard InChI is InChI=1S/C19H24N4O2.C15H13NO4.2C2H6O4S/c20-18(21)14-4-8-16(9-5-14)24-12-2-1-3-13-25-17-10-6-15(7-11-17)19(22)23;1-10(17)16-11-6-8-12(9-7-11)20-15(19)13-4-2-3-5-14(13)18;2*3-1-2-7(4,5)6/h4-11H,1-3,12-13H2,(H3,20,21)(H3,22,23);2-9,18H,1H3,(H,16,17);2*3H,1-2H2,(H,4,5,6). The summed E-state index contributed by atoms with van der Waals surface area (Å²) in [6.07, 6.45) is 2.90. The van der Waals surface area contributed by atoms with E-state index in [4.69, 9.17) is 55.8 Å². The van der Waals surface area contributed by atoms with Crippen LogP contribution in [0.15, 0.2) is 97.1 Å². The van der Waals surface area contributed by atoms with E-state index in [1.54, 1.807) is 60.7 Å². The Bertz CT molecular complexity index is 2040. The van der Waals surface area contributed by atoms with Crippen LogP contribution in [-0.4, -0.2) is 103 Å². The van der Waals surface area contributed by atoms with Crippen molar-refractivity contribution in [1.29, 1.82) is 10.8 Å². The predicted molar refractivity (Wildman–Crippen MR) is 221 cm³/mol. The summed E-state index contributed by atoms with van der Waals surface area (Å²) >= 11 is 0. The zero-order valence-corrected chi connectivity index (χ0v) is 33.6. The highest BCUT2D eigenvalue weighted by Gasteiger charge is 2.13. The van der Waals surface area contributed by atoms with Gasteiger partial charge in [-0.15, -0.1) is 0 Å². The molecule has 0 atom stereocenters. The summed E-state index contributed by atoms with van der Waals surface area (Å²) in [5.41, 5.74) is 12.9. The first-order valence-corrected chi connectivity index (χ1v) is 20.6. The summed E-state index contributed by atoms with van der Waals surface area (Å²) in [5.74, 6) is -0.0948. The number of aliphatic hydroxyl groups is 2. The lowest BCUT2D eigenvalue weighted by Gasteiger charge is -2.08. The Hall–Kier alpha value is -6.10. The monoisotopic (exact) mass is 863 g/mol. The second-order valence-corrected chi connectivity index (χ2v) is 14.9. The number of hydrogen-bond acceptors (Lipinski definition) is 14. The van der Waals surface area contributed by atoms with Gasteiger partial charge in [0.1, 0.15) is 40.2 Å². The maximum Gasteiger partial charge on any atom is 0.347 e. The molecule has 4 aromatic rings. The lowest BCUT2D eigenvalue weighted by atomic mass is 10.2. The molecule has 0 bridgehead atoms. The number of carbonyl (C=O) groups excluding carboxylic acids is 2. The van der Waals surface area contributed by atoms with E-state index in [1.807, 2.05) is 24.3 Å². The highest BCUT2D eigenvalue weighted by molar-refractivity contribution is 7.86. The summed E-state index contributed by atoms with van der Waals surface area (Å²) in [4.78, 5) is 22.7. The highest BCUT2D eigenvalue weighted by atomic mass is 32.2. The maximum atomic E-state index is 11.8. The highest BCUT2D eigenvalue weighted by Crippen LogP contribution is 2.21. The van der Waals surface area contributed by atoms with Gasteiger partial charge in [-0.2, -0.15) is 16.8 Å². The molecule has 0 aliphatic rings. The van der Waals surface area contributed by atoms with Gasteiger partial charge in [-0.1, -0.05) is 12.1 Å². The maximum absolute atomic E-state index is 11.8. The molecule has 0 spiro atoms. The molecule has 0 unspecified atom stereocenters.